The normalized spacial score (nSPS) is 29.9. The Kier molecular flexibility index (Phi) is 6.53. The van der Waals surface area contributed by atoms with Crippen molar-refractivity contribution in [1.82, 2.24) is 5.32 Å². The van der Waals surface area contributed by atoms with Gasteiger partial charge in [0.1, 0.15) is 5.82 Å². The molecule has 0 saturated heterocycles. The minimum absolute atomic E-state index is 0.0230. The van der Waals surface area contributed by atoms with Crippen LogP contribution in [-0.4, -0.2) is 12.1 Å². The van der Waals surface area contributed by atoms with E-state index in [4.69, 9.17) is 23.2 Å². The fraction of sp³-hybridized carbons (Fsp3) is 0.520. The maximum atomic E-state index is 13.6. The van der Waals surface area contributed by atoms with Crippen molar-refractivity contribution in [3.05, 3.63) is 69.5 Å². The van der Waals surface area contributed by atoms with E-state index < -0.39 is 0 Å². The van der Waals surface area contributed by atoms with Crippen LogP contribution in [0.15, 0.2) is 42.5 Å². The van der Waals surface area contributed by atoms with Crippen LogP contribution in [0.5, 0.6) is 0 Å². The van der Waals surface area contributed by atoms with E-state index in [1.165, 1.54) is 31.2 Å². The third-order valence-electron chi connectivity index (χ3n) is 7.10. The topological polar surface area (TPSA) is 12.0 Å². The molecule has 4 rings (SSSR count). The Labute approximate surface area is 184 Å². The highest BCUT2D eigenvalue weighted by atomic mass is 35.5. The van der Waals surface area contributed by atoms with Gasteiger partial charge in [0.15, 0.2) is 0 Å². The molecule has 1 N–H and O–H groups in total. The molecule has 0 aliphatic heterocycles. The molecular weight excluding hydrogens is 404 g/mol. The van der Waals surface area contributed by atoms with Crippen LogP contribution in [0.25, 0.3) is 0 Å². The van der Waals surface area contributed by atoms with Crippen molar-refractivity contribution in [3.63, 3.8) is 0 Å². The second-order valence-electron chi connectivity index (χ2n) is 9.26. The Morgan fingerprint density at radius 3 is 2.38 bits per heavy atom. The van der Waals surface area contributed by atoms with Crippen LogP contribution < -0.4 is 5.32 Å². The molecule has 2 aliphatic carbocycles. The van der Waals surface area contributed by atoms with Crippen LogP contribution in [0.4, 0.5) is 4.39 Å². The molecule has 0 heterocycles. The molecule has 0 spiro atoms. The van der Waals surface area contributed by atoms with Gasteiger partial charge in [0.2, 0.25) is 0 Å². The lowest BCUT2D eigenvalue weighted by Crippen LogP contribution is -2.40. The van der Waals surface area contributed by atoms with E-state index in [1.54, 1.807) is 12.1 Å². The molecule has 4 heteroatoms. The van der Waals surface area contributed by atoms with Gasteiger partial charge in [0.25, 0.3) is 0 Å². The van der Waals surface area contributed by atoms with Gasteiger partial charge in [-0.1, -0.05) is 48.3 Å². The molecular formula is C25H30Cl2FN. The molecule has 1 nitrogen and oxygen atoms in total. The number of benzene rings is 2. The van der Waals surface area contributed by atoms with Gasteiger partial charge in [-0.2, -0.15) is 0 Å². The summed E-state index contributed by atoms with van der Waals surface area (Å²) in [4.78, 5) is 0. The average Bonchev–Trinajstić information content (AvgIpc) is 3.10. The number of hydrogen-bond donors (Lipinski definition) is 1. The van der Waals surface area contributed by atoms with Gasteiger partial charge in [-0.05, 0) is 92.7 Å². The summed E-state index contributed by atoms with van der Waals surface area (Å²) in [6, 6.07) is 14.0. The highest BCUT2D eigenvalue weighted by molar-refractivity contribution is 6.35. The molecule has 0 aromatic heterocycles. The Morgan fingerprint density at radius 2 is 1.69 bits per heavy atom. The average molecular weight is 434 g/mol. The molecule has 2 atom stereocenters. The number of nitrogens with one attached hydrogen (secondary N) is 1. The van der Waals surface area contributed by atoms with E-state index in [0.717, 1.165) is 42.2 Å². The van der Waals surface area contributed by atoms with Crippen molar-refractivity contribution < 1.29 is 4.39 Å². The van der Waals surface area contributed by atoms with Crippen LogP contribution in [0.2, 0.25) is 10.0 Å². The first-order chi connectivity index (χ1) is 13.9. The second kappa shape index (κ2) is 8.96. The van der Waals surface area contributed by atoms with E-state index >= 15 is 0 Å². The third-order valence-corrected chi connectivity index (χ3v) is 7.68. The first-order valence-corrected chi connectivity index (χ1v) is 11.7. The first kappa shape index (κ1) is 21.2. The van der Waals surface area contributed by atoms with Crippen LogP contribution in [0.3, 0.4) is 0 Å². The molecule has 2 aromatic carbocycles. The van der Waals surface area contributed by atoms with Crippen LogP contribution in [0, 0.1) is 11.7 Å². The molecule has 0 bridgehead atoms. The number of hydrogen-bond acceptors (Lipinski definition) is 1. The second-order valence-corrected chi connectivity index (χ2v) is 10.1. The van der Waals surface area contributed by atoms with Gasteiger partial charge in [-0.15, -0.1) is 0 Å². The van der Waals surface area contributed by atoms with Gasteiger partial charge in [-0.25, -0.2) is 4.39 Å². The van der Waals surface area contributed by atoms with Gasteiger partial charge in [0.05, 0.1) is 0 Å². The predicted octanol–water partition coefficient (Wildman–Crippen LogP) is 7.33. The first-order valence-electron chi connectivity index (χ1n) is 10.9. The van der Waals surface area contributed by atoms with Crippen molar-refractivity contribution in [2.45, 2.75) is 75.8 Å². The molecule has 2 aliphatic rings. The summed E-state index contributed by atoms with van der Waals surface area (Å²) >= 11 is 12.6. The highest BCUT2D eigenvalue weighted by Crippen LogP contribution is 2.45. The van der Waals surface area contributed by atoms with Crippen LogP contribution >= 0.6 is 23.2 Å². The molecule has 29 heavy (non-hydrogen) atoms. The standard InChI is InChI=1S/C25H30Cl2FN/c1-17-2-10-22(11-3-17)29-23-12-13-25(16-23,19-5-8-21(28)9-6-19)15-18-4-7-20(26)14-24(18)27/h4-9,14,17,22-23,29H,2-3,10-13,15-16H2,1H3. The largest absolute Gasteiger partial charge is 0.311 e. The van der Waals surface area contributed by atoms with Gasteiger partial charge in [-0.3, -0.25) is 0 Å². The molecule has 2 fully saturated rings. The Bertz CT molecular complexity index is 829. The summed E-state index contributed by atoms with van der Waals surface area (Å²) in [5, 5.41) is 5.33. The molecule has 2 unspecified atom stereocenters. The van der Waals surface area contributed by atoms with Crippen molar-refractivity contribution in [2.75, 3.05) is 0 Å². The lowest BCUT2D eigenvalue weighted by Gasteiger charge is -2.33. The zero-order valence-electron chi connectivity index (χ0n) is 17.1. The number of halogens is 3. The summed E-state index contributed by atoms with van der Waals surface area (Å²) in [5.41, 5.74) is 2.31. The van der Waals surface area contributed by atoms with Gasteiger partial charge < -0.3 is 5.32 Å². The zero-order valence-corrected chi connectivity index (χ0v) is 18.6. The van der Waals surface area contributed by atoms with Gasteiger partial charge >= 0.3 is 0 Å². The van der Waals surface area contributed by atoms with E-state index in [1.807, 2.05) is 30.3 Å². The summed E-state index contributed by atoms with van der Waals surface area (Å²) in [6.45, 7) is 2.36. The minimum Gasteiger partial charge on any atom is -0.311 e. The quantitative estimate of drug-likeness (QED) is 0.519. The monoisotopic (exact) mass is 433 g/mol. The van der Waals surface area contributed by atoms with Crippen molar-refractivity contribution in [1.29, 1.82) is 0 Å². The SMILES string of the molecule is CC1CCC(NC2CCC(Cc3ccc(Cl)cc3Cl)(c3ccc(F)cc3)C2)CC1. The zero-order chi connectivity index (χ0) is 20.4. The maximum Gasteiger partial charge on any atom is 0.123 e. The van der Waals surface area contributed by atoms with Crippen LogP contribution in [0.1, 0.15) is 63.0 Å². The lowest BCUT2D eigenvalue weighted by molar-refractivity contribution is 0.281. The molecule has 156 valence electrons. The van der Waals surface area contributed by atoms with Crippen molar-refractivity contribution in [2.24, 2.45) is 5.92 Å². The number of rotatable bonds is 5. The third kappa shape index (κ3) is 4.98. The fourth-order valence-electron chi connectivity index (χ4n) is 5.39. The Balaban J connectivity index is 1.55. The lowest BCUT2D eigenvalue weighted by atomic mass is 9.74. The molecule has 0 amide bonds. The minimum atomic E-state index is -0.183. The van der Waals surface area contributed by atoms with E-state index in [9.17, 15) is 4.39 Å². The summed E-state index contributed by atoms with van der Waals surface area (Å²) in [7, 11) is 0. The van der Waals surface area contributed by atoms with Crippen molar-refractivity contribution >= 4 is 23.2 Å². The molecule has 2 saturated carbocycles. The van der Waals surface area contributed by atoms with E-state index in [0.29, 0.717) is 17.1 Å². The summed E-state index contributed by atoms with van der Waals surface area (Å²) < 4.78 is 13.6. The van der Waals surface area contributed by atoms with E-state index in [2.05, 4.69) is 12.2 Å². The highest BCUT2D eigenvalue weighted by Gasteiger charge is 2.41. The predicted molar refractivity (Wildman–Crippen MR) is 120 cm³/mol. The Hall–Kier alpha value is -1.09. The molecule has 0 radical (unpaired) electrons. The van der Waals surface area contributed by atoms with Crippen molar-refractivity contribution in [3.8, 4) is 0 Å². The van der Waals surface area contributed by atoms with Gasteiger partial charge in [0, 0.05) is 27.5 Å². The van der Waals surface area contributed by atoms with Crippen LogP contribution in [-0.2, 0) is 11.8 Å². The molecule has 2 aromatic rings. The van der Waals surface area contributed by atoms with E-state index in [-0.39, 0.29) is 11.2 Å². The maximum absolute atomic E-state index is 13.6. The summed E-state index contributed by atoms with van der Waals surface area (Å²) in [5.74, 6) is 0.680. The smallest absolute Gasteiger partial charge is 0.123 e. The Morgan fingerprint density at radius 1 is 0.966 bits per heavy atom. The fourth-order valence-corrected chi connectivity index (χ4v) is 5.86. The summed E-state index contributed by atoms with van der Waals surface area (Å²) in [6.07, 6.45) is 9.36.